The van der Waals surface area contributed by atoms with Crippen molar-refractivity contribution in [3.05, 3.63) is 59.7 Å². The summed E-state index contributed by atoms with van der Waals surface area (Å²) in [7, 11) is 1.65. The average Bonchev–Trinajstić information content (AvgIpc) is 2.60. The highest BCUT2D eigenvalue weighted by atomic mass is 16.5. The van der Waals surface area contributed by atoms with Crippen molar-refractivity contribution in [3.8, 4) is 5.75 Å². The second kappa shape index (κ2) is 8.37. The quantitative estimate of drug-likeness (QED) is 0.799. The van der Waals surface area contributed by atoms with Gasteiger partial charge in [0.2, 0.25) is 5.91 Å². The molecule has 0 aromatic heterocycles. The number of hydrogen-bond donors (Lipinski definition) is 1. The molecule has 0 aliphatic rings. The van der Waals surface area contributed by atoms with E-state index in [0.29, 0.717) is 12.3 Å². The van der Waals surface area contributed by atoms with E-state index >= 15 is 0 Å². The van der Waals surface area contributed by atoms with Gasteiger partial charge in [-0.2, -0.15) is 0 Å². The number of carbonyl (C=O) groups excluding carboxylic acids is 1. The van der Waals surface area contributed by atoms with Crippen molar-refractivity contribution in [2.24, 2.45) is 0 Å². The Bertz CT molecular complexity index is 617. The highest BCUT2D eigenvalue weighted by Crippen LogP contribution is 2.20. The fourth-order valence-electron chi connectivity index (χ4n) is 2.40. The number of benzene rings is 2. The van der Waals surface area contributed by atoms with E-state index in [2.05, 4.69) is 31.3 Å². The lowest BCUT2D eigenvalue weighted by Gasteiger charge is -2.10. The minimum Gasteiger partial charge on any atom is -0.497 e. The molecule has 0 bridgehead atoms. The van der Waals surface area contributed by atoms with E-state index in [1.165, 1.54) is 5.56 Å². The van der Waals surface area contributed by atoms with Crippen molar-refractivity contribution < 1.29 is 9.53 Å². The van der Waals surface area contributed by atoms with Crippen LogP contribution in [0.15, 0.2) is 48.5 Å². The molecule has 122 valence electrons. The molecule has 0 aliphatic carbocycles. The summed E-state index contributed by atoms with van der Waals surface area (Å²) in [6.07, 6.45) is 2.31. The van der Waals surface area contributed by atoms with Crippen LogP contribution >= 0.6 is 0 Å². The SMILES string of the molecule is CCC(C)c1ccc(NC(=O)CCc2ccc(OC)cc2)cc1. The molecule has 2 aromatic carbocycles. The van der Waals surface area contributed by atoms with Gasteiger partial charge in [-0.1, -0.05) is 38.1 Å². The fraction of sp³-hybridized carbons (Fsp3) is 0.350. The van der Waals surface area contributed by atoms with Crippen LogP contribution in [0.1, 0.15) is 43.7 Å². The Morgan fingerprint density at radius 2 is 1.74 bits per heavy atom. The van der Waals surface area contributed by atoms with E-state index in [0.717, 1.165) is 29.8 Å². The molecule has 2 aromatic rings. The summed E-state index contributed by atoms with van der Waals surface area (Å²) < 4.78 is 5.13. The number of amides is 1. The van der Waals surface area contributed by atoms with E-state index < -0.39 is 0 Å². The molecule has 1 N–H and O–H groups in total. The van der Waals surface area contributed by atoms with Gasteiger partial charge in [-0.3, -0.25) is 4.79 Å². The standard InChI is InChI=1S/C20H25NO2/c1-4-15(2)17-8-10-18(11-9-17)21-20(22)14-7-16-5-12-19(23-3)13-6-16/h5-6,8-13,15H,4,7,14H2,1-3H3,(H,21,22). The Balaban J connectivity index is 1.84. The number of ether oxygens (including phenoxy) is 1. The molecular weight excluding hydrogens is 286 g/mol. The van der Waals surface area contributed by atoms with Crippen molar-refractivity contribution >= 4 is 11.6 Å². The molecule has 0 aliphatic heterocycles. The van der Waals surface area contributed by atoms with Gasteiger partial charge in [-0.25, -0.2) is 0 Å². The molecule has 0 radical (unpaired) electrons. The monoisotopic (exact) mass is 311 g/mol. The third-order valence-electron chi connectivity index (χ3n) is 4.18. The summed E-state index contributed by atoms with van der Waals surface area (Å²) in [5.74, 6) is 1.42. The van der Waals surface area contributed by atoms with Crippen LogP contribution in [-0.2, 0) is 11.2 Å². The van der Waals surface area contributed by atoms with E-state index in [-0.39, 0.29) is 5.91 Å². The smallest absolute Gasteiger partial charge is 0.224 e. The largest absolute Gasteiger partial charge is 0.497 e. The minimum absolute atomic E-state index is 0.0390. The maximum Gasteiger partial charge on any atom is 0.224 e. The predicted molar refractivity (Wildman–Crippen MR) is 95.1 cm³/mol. The molecule has 1 amide bonds. The van der Waals surface area contributed by atoms with Crippen LogP contribution in [0.25, 0.3) is 0 Å². The van der Waals surface area contributed by atoms with Crippen molar-refractivity contribution in [1.29, 1.82) is 0 Å². The first-order valence-electron chi connectivity index (χ1n) is 8.15. The molecule has 0 fully saturated rings. The molecule has 0 saturated carbocycles. The van der Waals surface area contributed by atoms with Crippen molar-refractivity contribution in [1.82, 2.24) is 0 Å². The lowest BCUT2D eigenvalue weighted by molar-refractivity contribution is -0.116. The Morgan fingerprint density at radius 1 is 1.09 bits per heavy atom. The second-order valence-corrected chi connectivity index (χ2v) is 5.83. The van der Waals surface area contributed by atoms with Gasteiger partial charge < -0.3 is 10.1 Å². The Morgan fingerprint density at radius 3 is 2.30 bits per heavy atom. The summed E-state index contributed by atoms with van der Waals surface area (Å²) in [5.41, 5.74) is 3.30. The predicted octanol–water partition coefficient (Wildman–Crippen LogP) is 4.78. The number of hydrogen-bond acceptors (Lipinski definition) is 2. The summed E-state index contributed by atoms with van der Waals surface area (Å²) >= 11 is 0. The van der Waals surface area contributed by atoms with Gasteiger partial charge in [-0.15, -0.1) is 0 Å². The molecule has 23 heavy (non-hydrogen) atoms. The zero-order valence-corrected chi connectivity index (χ0v) is 14.1. The molecular formula is C20H25NO2. The van der Waals surface area contributed by atoms with E-state index in [1.54, 1.807) is 7.11 Å². The second-order valence-electron chi connectivity index (χ2n) is 5.83. The summed E-state index contributed by atoms with van der Waals surface area (Å²) in [5, 5.41) is 2.96. The molecule has 0 spiro atoms. The maximum atomic E-state index is 12.0. The van der Waals surface area contributed by atoms with Gasteiger partial charge in [0.1, 0.15) is 5.75 Å². The minimum atomic E-state index is 0.0390. The Kier molecular flexibility index (Phi) is 6.21. The zero-order valence-electron chi connectivity index (χ0n) is 14.1. The number of carbonyl (C=O) groups is 1. The van der Waals surface area contributed by atoms with Crippen LogP contribution in [0.5, 0.6) is 5.75 Å². The number of aryl methyl sites for hydroxylation is 1. The summed E-state index contributed by atoms with van der Waals surface area (Å²) in [6, 6.07) is 16.0. The first-order chi connectivity index (χ1) is 11.1. The number of methoxy groups -OCH3 is 1. The van der Waals surface area contributed by atoms with Gasteiger partial charge >= 0.3 is 0 Å². The molecule has 1 atom stereocenters. The van der Waals surface area contributed by atoms with Gasteiger partial charge in [-0.05, 0) is 54.2 Å². The highest BCUT2D eigenvalue weighted by molar-refractivity contribution is 5.90. The third-order valence-corrected chi connectivity index (χ3v) is 4.18. The van der Waals surface area contributed by atoms with Crippen molar-refractivity contribution in [2.75, 3.05) is 12.4 Å². The first-order valence-corrected chi connectivity index (χ1v) is 8.15. The van der Waals surface area contributed by atoms with Gasteiger partial charge in [0.05, 0.1) is 7.11 Å². The van der Waals surface area contributed by atoms with Crippen molar-refractivity contribution in [2.45, 2.75) is 39.0 Å². The zero-order chi connectivity index (χ0) is 16.7. The van der Waals surface area contributed by atoms with E-state index in [1.807, 2.05) is 36.4 Å². The van der Waals surface area contributed by atoms with Gasteiger partial charge in [0.15, 0.2) is 0 Å². The molecule has 1 unspecified atom stereocenters. The van der Waals surface area contributed by atoms with Crippen LogP contribution in [0.2, 0.25) is 0 Å². The molecule has 3 nitrogen and oxygen atoms in total. The van der Waals surface area contributed by atoms with Crippen LogP contribution in [0.3, 0.4) is 0 Å². The number of anilines is 1. The lowest BCUT2D eigenvalue weighted by Crippen LogP contribution is -2.12. The number of nitrogens with one attached hydrogen (secondary N) is 1. The lowest BCUT2D eigenvalue weighted by atomic mass is 9.98. The van der Waals surface area contributed by atoms with E-state index in [9.17, 15) is 4.79 Å². The molecule has 2 rings (SSSR count). The van der Waals surface area contributed by atoms with Gasteiger partial charge in [0.25, 0.3) is 0 Å². The highest BCUT2D eigenvalue weighted by Gasteiger charge is 2.06. The average molecular weight is 311 g/mol. The van der Waals surface area contributed by atoms with E-state index in [4.69, 9.17) is 4.74 Å². The molecule has 3 heteroatoms. The normalized spacial score (nSPS) is 11.8. The molecule has 0 heterocycles. The maximum absolute atomic E-state index is 12.0. The molecule has 0 saturated heterocycles. The van der Waals surface area contributed by atoms with Crippen LogP contribution in [-0.4, -0.2) is 13.0 Å². The number of rotatable bonds is 7. The summed E-state index contributed by atoms with van der Waals surface area (Å²) in [6.45, 7) is 4.39. The van der Waals surface area contributed by atoms with Crippen LogP contribution in [0, 0.1) is 0 Å². The Hall–Kier alpha value is -2.29. The summed E-state index contributed by atoms with van der Waals surface area (Å²) in [4.78, 5) is 12.0. The van der Waals surface area contributed by atoms with Crippen molar-refractivity contribution in [3.63, 3.8) is 0 Å². The van der Waals surface area contributed by atoms with Crippen LogP contribution < -0.4 is 10.1 Å². The fourth-order valence-corrected chi connectivity index (χ4v) is 2.40. The topological polar surface area (TPSA) is 38.3 Å². The third kappa shape index (κ3) is 5.13. The van der Waals surface area contributed by atoms with Gasteiger partial charge in [0, 0.05) is 12.1 Å². The first kappa shape index (κ1) is 17.1. The van der Waals surface area contributed by atoms with Crippen LogP contribution in [0.4, 0.5) is 5.69 Å². The Labute approximate surface area is 138 Å².